The molecule has 0 aliphatic heterocycles. The Morgan fingerprint density at radius 1 is 1.07 bits per heavy atom. The largest absolute Gasteiger partial charge is 0.382 e. The molecule has 0 radical (unpaired) electrons. The molecule has 0 heterocycles. The van der Waals surface area contributed by atoms with Crippen LogP contribution in [0.2, 0.25) is 0 Å². The molecule has 0 aromatic carbocycles. The fraction of sp³-hybridized carbons (Fsp3) is 1.00. The fourth-order valence-corrected chi connectivity index (χ4v) is 2.12. The van der Waals surface area contributed by atoms with Crippen molar-refractivity contribution in [1.82, 2.24) is 5.32 Å². The van der Waals surface area contributed by atoms with Gasteiger partial charge in [0, 0.05) is 13.7 Å². The summed E-state index contributed by atoms with van der Waals surface area (Å²) in [6.07, 6.45) is 7.14. The van der Waals surface area contributed by atoms with E-state index in [9.17, 15) is 0 Å². The van der Waals surface area contributed by atoms with Gasteiger partial charge >= 0.3 is 0 Å². The lowest BCUT2D eigenvalue weighted by Gasteiger charge is -2.09. The average Bonchev–Trinajstić information content (AvgIpc) is 2.75. The quantitative estimate of drug-likeness (QED) is 0.595. The molecule has 15 heavy (non-hydrogen) atoms. The molecule has 1 rings (SSSR count). The molecule has 1 aliphatic rings. The summed E-state index contributed by atoms with van der Waals surface area (Å²) in [6, 6.07) is 0. The highest BCUT2D eigenvalue weighted by Gasteiger charge is 2.13. The van der Waals surface area contributed by atoms with Gasteiger partial charge in [0.25, 0.3) is 0 Å². The van der Waals surface area contributed by atoms with Crippen LogP contribution < -0.4 is 5.32 Å². The third-order valence-electron chi connectivity index (χ3n) is 3.06. The van der Waals surface area contributed by atoms with E-state index in [1.165, 1.54) is 32.1 Å². The predicted molar refractivity (Wildman–Crippen MR) is 62.1 cm³/mol. The number of rotatable bonds is 9. The van der Waals surface area contributed by atoms with Crippen LogP contribution in [0.15, 0.2) is 0 Å². The van der Waals surface area contributed by atoms with E-state index < -0.39 is 0 Å². The molecular formula is C12H25NO2. The summed E-state index contributed by atoms with van der Waals surface area (Å²) < 4.78 is 10.3. The first-order valence-corrected chi connectivity index (χ1v) is 6.21. The third kappa shape index (κ3) is 6.88. The minimum absolute atomic E-state index is 0.697. The smallest absolute Gasteiger partial charge is 0.0700 e. The molecule has 90 valence electrons. The number of hydrogen-bond donors (Lipinski definition) is 1. The second-order valence-electron chi connectivity index (χ2n) is 4.29. The van der Waals surface area contributed by atoms with E-state index in [0.717, 1.165) is 25.6 Å². The maximum atomic E-state index is 5.36. The summed E-state index contributed by atoms with van der Waals surface area (Å²) in [6.45, 7) is 4.33. The molecule has 0 aromatic heterocycles. The fourth-order valence-electron chi connectivity index (χ4n) is 2.12. The highest BCUT2D eigenvalue weighted by molar-refractivity contribution is 4.67. The Bertz CT molecular complexity index is 136. The van der Waals surface area contributed by atoms with Gasteiger partial charge in [-0.05, 0) is 18.9 Å². The highest BCUT2D eigenvalue weighted by Crippen LogP contribution is 2.26. The van der Waals surface area contributed by atoms with E-state index in [1.807, 2.05) is 0 Å². The zero-order valence-corrected chi connectivity index (χ0v) is 9.96. The van der Waals surface area contributed by atoms with Gasteiger partial charge in [0.2, 0.25) is 0 Å². The molecule has 1 aliphatic carbocycles. The van der Waals surface area contributed by atoms with Gasteiger partial charge < -0.3 is 14.8 Å². The van der Waals surface area contributed by atoms with Gasteiger partial charge in [-0.25, -0.2) is 0 Å². The Balaban J connectivity index is 1.73. The molecule has 0 atom stereocenters. The number of methoxy groups -OCH3 is 1. The molecule has 1 saturated carbocycles. The van der Waals surface area contributed by atoms with Gasteiger partial charge in [0.05, 0.1) is 19.8 Å². The first kappa shape index (κ1) is 12.9. The lowest BCUT2D eigenvalue weighted by Crippen LogP contribution is -2.22. The predicted octanol–water partition coefficient (Wildman–Crippen LogP) is 1.82. The Morgan fingerprint density at radius 3 is 2.60 bits per heavy atom. The lowest BCUT2D eigenvalue weighted by atomic mass is 10.0. The molecule has 0 amide bonds. The van der Waals surface area contributed by atoms with Crippen LogP contribution in [0.1, 0.15) is 32.1 Å². The highest BCUT2D eigenvalue weighted by atomic mass is 16.5. The Kier molecular flexibility index (Phi) is 7.88. The van der Waals surface area contributed by atoms with Crippen molar-refractivity contribution >= 4 is 0 Å². The van der Waals surface area contributed by atoms with Crippen LogP contribution >= 0.6 is 0 Å². The van der Waals surface area contributed by atoms with Crippen molar-refractivity contribution in [2.75, 3.05) is 40.0 Å². The number of nitrogens with one attached hydrogen (secondary N) is 1. The molecule has 0 bridgehead atoms. The van der Waals surface area contributed by atoms with E-state index >= 15 is 0 Å². The SMILES string of the molecule is COCCOCCNCCC1CCCC1. The Labute approximate surface area is 93.5 Å². The van der Waals surface area contributed by atoms with E-state index in [1.54, 1.807) is 7.11 Å². The maximum Gasteiger partial charge on any atom is 0.0700 e. The van der Waals surface area contributed by atoms with Crippen molar-refractivity contribution in [3.05, 3.63) is 0 Å². The first-order chi connectivity index (χ1) is 7.43. The maximum absolute atomic E-state index is 5.36. The summed E-state index contributed by atoms with van der Waals surface area (Å²) in [7, 11) is 1.70. The van der Waals surface area contributed by atoms with Crippen molar-refractivity contribution in [1.29, 1.82) is 0 Å². The van der Waals surface area contributed by atoms with E-state index in [4.69, 9.17) is 9.47 Å². The third-order valence-corrected chi connectivity index (χ3v) is 3.06. The molecule has 3 heteroatoms. The molecule has 0 spiro atoms. The van der Waals surface area contributed by atoms with Crippen LogP contribution in [0.5, 0.6) is 0 Å². The van der Waals surface area contributed by atoms with Crippen LogP contribution in [0.3, 0.4) is 0 Å². The summed E-state index contributed by atoms with van der Waals surface area (Å²) in [4.78, 5) is 0. The summed E-state index contributed by atoms with van der Waals surface area (Å²) in [5, 5.41) is 3.42. The number of hydrogen-bond acceptors (Lipinski definition) is 3. The molecule has 3 nitrogen and oxygen atoms in total. The van der Waals surface area contributed by atoms with Crippen LogP contribution in [0.25, 0.3) is 0 Å². The van der Waals surface area contributed by atoms with E-state index in [2.05, 4.69) is 5.32 Å². The second-order valence-corrected chi connectivity index (χ2v) is 4.29. The van der Waals surface area contributed by atoms with Crippen molar-refractivity contribution in [3.8, 4) is 0 Å². The van der Waals surface area contributed by atoms with E-state index in [0.29, 0.717) is 13.2 Å². The van der Waals surface area contributed by atoms with Crippen LogP contribution in [-0.2, 0) is 9.47 Å². The topological polar surface area (TPSA) is 30.5 Å². The standard InChI is InChI=1S/C12H25NO2/c1-14-10-11-15-9-8-13-7-6-12-4-2-3-5-12/h12-13H,2-11H2,1H3. The molecule has 0 saturated heterocycles. The van der Waals surface area contributed by atoms with Crippen molar-refractivity contribution in [2.24, 2.45) is 5.92 Å². The molecule has 0 unspecified atom stereocenters. The Hall–Kier alpha value is -0.120. The lowest BCUT2D eigenvalue weighted by molar-refractivity contribution is 0.0719. The van der Waals surface area contributed by atoms with Gasteiger partial charge in [-0.1, -0.05) is 25.7 Å². The summed E-state index contributed by atoms with van der Waals surface area (Å²) in [5.41, 5.74) is 0. The van der Waals surface area contributed by atoms with Crippen LogP contribution in [0.4, 0.5) is 0 Å². The number of ether oxygens (including phenoxy) is 2. The normalized spacial score (nSPS) is 17.4. The van der Waals surface area contributed by atoms with Gasteiger partial charge in [-0.3, -0.25) is 0 Å². The zero-order valence-electron chi connectivity index (χ0n) is 9.96. The summed E-state index contributed by atoms with van der Waals surface area (Å²) >= 11 is 0. The zero-order chi connectivity index (χ0) is 10.8. The molecule has 1 fully saturated rings. The van der Waals surface area contributed by atoms with Crippen molar-refractivity contribution in [3.63, 3.8) is 0 Å². The second kappa shape index (κ2) is 9.13. The van der Waals surface area contributed by atoms with E-state index in [-0.39, 0.29) is 0 Å². The molecule has 0 aromatic rings. The Morgan fingerprint density at radius 2 is 1.87 bits per heavy atom. The van der Waals surface area contributed by atoms with Gasteiger partial charge in [-0.15, -0.1) is 0 Å². The van der Waals surface area contributed by atoms with Crippen molar-refractivity contribution in [2.45, 2.75) is 32.1 Å². The minimum Gasteiger partial charge on any atom is -0.382 e. The minimum atomic E-state index is 0.697. The molecule has 1 N–H and O–H groups in total. The van der Waals surface area contributed by atoms with Gasteiger partial charge in [0.1, 0.15) is 0 Å². The van der Waals surface area contributed by atoms with Crippen LogP contribution in [-0.4, -0.2) is 40.0 Å². The molecular weight excluding hydrogens is 190 g/mol. The monoisotopic (exact) mass is 215 g/mol. The van der Waals surface area contributed by atoms with Crippen LogP contribution in [0, 0.1) is 5.92 Å². The van der Waals surface area contributed by atoms with Gasteiger partial charge in [-0.2, -0.15) is 0 Å². The van der Waals surface area contributed by atoms with Gasteiger partial charge in [0.15, 0.2) is 0 Å². The first-order valence-electron chi connectivity index (χ1n) is 6.21. The summed E-state index contributed by atoms with van der Waals surface area (Å²) in [5.74, 6) is 0.993. The van der Waals surface area contributed by atoms with Crippen molar-refractivity contribution < 1.29 is 9.47 Å². The average molecular weight is 215 g/mol.